The van der Waals surface area contributed by atoms with Crippen molar-refractivity contribution in [3.8, 4) is 11.6 Å². The highest BCUT2D eigenvalue weighted by molar-refractivity contribution is 6.35. The van der Waals surface area contributed by atoms with E-state index in [0.717, 1.165) is 0 Å². The van der Waals surface area contributed by atoms with E-state index in [0.29, 0.717) is 39.7 Å². The van der Waals surface area contributed by atoms with Crippen LogP contribution in [0.3, 0.4) is 0 Å². The van der Waals surface area contributed by atoms with Gasteiger partial charge in [0.25, 0.3) is 0 Å². The predicted octanol–water partition coefficient (Wildman–Crippen LogP) is 3.42. The highest BCUT2D eigenvalue weighted by atomic mass is 35.5. The van der Waals surface area contributed by atoms with E-state index in [1.54, 1.807) is 24.3 Å². The van der Waals surface area contributed by atoms with Gasteiger partial charge in [-0.15, -0.1) is 0 Å². The van der Waals surface area contributed by atoms with Crippen LogP contribution < -0.4 is 16.0 Å². The molecule has 0 aliphatic carbocycles. The minimum Gasteiger partial charge on any atom is -0.437 e. The van der Waals surface area contributed by atoms with Gasteiger partial charge in [-0.25, -0.2) is 10.8 Å². The number of ether oxygens (including phenoxy) is 1. The average Bonchev–Trinajstić information content (AvgIpc) is 2.41. The summed E-state index contributed by atoms with van der Waals surface area (Å²) in [5.74, 6) is 7.28. The van der Waals surface area contributed by atoms with Crippen LogP contribution in [0, 0.1) is 0 Å². The summed E-state index contributed by atoms with van der Waals surface area (Å²) in [6.07, 6.45) is 0.667. The van der Waals surface area contributed by atoms with Crippen molar-refractivity contribution in [2.45, 2.75) is 13.3 Å². The van der Waals surface area contributed by atoms with E-state index in [-0.39, 0.29) is 0 Å². The largest absolute Gasteiger partial charge is 0.437 e. The average molecular weight is 299 g/mol. The lowest BCUT2D eigenvalue weighted by Crippen LogP contribution is -2.10. The molecule has 100 valence electrons. The normalized spacial score (nSPS) is 10.3. The van der Waals surface area contributed by atoms with Crippen molar-refractivity contribution in [1.29, 1.82) is 0 Å². The third-order valence-electron chi connectivity index (χ3n) is 2.32. The maximum Gasteiger partial charge on any atom is 0.224 e. The van der Waals surface area contributed by atoms with Gasteiger partial charge in [-0.05, 0) is 18.2 Å². The van der Waals surface area contributed by atoms with Gasteiger partial charge in [0.1, 0.15) is 17.4 Å². The Bertz CT molecular complexity index is 570. The second kappa shape index (κ2) is 6.06. The number of benzene rings is 1. The summed E-state index contributed by atoms with van der Waals surface area (Å²) in [6, 6.07) is 6.55. The minimum absolute atomic E-state index is 0.365. The second-order valence-corrected chi connectivity index (χ2v) is 4.53. The number of anilines is 1. The third kappa shape index (κ3) is 3.47. The predicted molar refractivity (Wildman–Crippen MR) is 75.8 cm³/mol. The van der Waals surface area contributed by atoms with E-state index in [9.17, 15) is 0 Å². The second-order valence-electron chi connectivity index (χ2n) is 3.68. The highest BCUT2D eigenvalue weighted by Crippen LogP contribution is 2.31. The van der Waals surface area contributed by atoms with Crippen LogP contribution in [-0.4, -0.2) is 9.97 Å². The number of aryl methyl sites for hydroxylation is 1. The Kier molecular flexibility index (Phi) is 4.42. The van der Waals surface area contributed by atoms with E-state index in [4.69, 9.17) is 33.8 Å². The lowest BCUT2D eigenvalue weighted by atomic mass is 10.3. The molecule has 5 nitrogen and oxygen atoms in total. The molecule has 0 saturated carbocycles. The summed E-state index contributed by atoms with van der Waals surface area (Å²) in [6.45, 7) is 1.94. The number of hydrogen-bond donors (Lipinski definition) is 2. The van der Waals surface area contributed by atoms with Crippen molar-refractivity contribution in [1.82, 2.24) is 9.97 Å². The number of rotatable bonds is 4. The fraction of sp³-hybridized carbons (Fsp3) is 0.167. The number of nitrogens with one attached hydrogen (secondary N) is 1. The minimum atomic E-state index is 0.365. The molecule has 0 spiro atoms. The summed E-state index contributed by atoms with van der Waals surface area (Å²) >= 11 is 11.9. The molecule has 2 rings (SSSR count). The third-order valence-corrected chi connectivity index (χ3v) is 2.85. The van der Waals surface area contributed by atoms with Crippen molar-refractivity contribution in [3.63, 3.8) is 0 Å². The summed E-state index contributed by atoms with van der Waals surface area (Å²) in [7, 11) is 0. The lowest BCUT2D eigenvalue weighted by molar-refractivity contribution is 0.459. The van der Waals surface area contributed by atoms with E-state index >= 15 is 0 Å². The molecule has 1 aromatic heterocycles. The standard InChI is InChI=1S/C12H12Cl2N4O/c1-2-10-16-11(18-15)6-12(17-10)19-9-4-3-7(13)5-8(9)14/h3-6H,2,15H2,1H3,(H,16,17,18). The van der Waals surface area contributed by atoms with E-state index < -0.39 is 0 Å². The molecule has 0 bridgehead atoms. The molecule has 1 aromatic carbocycles. The van der Waals surface area contributed by atoms with Gasteiger partial charge in [0.05, 0.1) is 5.02 Å². The van der Waals surface area contributed by atoms with Crippen molar-refractivity contribution < 1.29 is 4.74 Å². The number of hydrogen-bond acceptors (Lipinski definition) is 5. The van der Waals surface area contributed by atoms with E-state index in [1.165, 1.54) is 0 Å². The molecule has 0 amide bonds. The first-order valence-electron chi connectivity index (χ1n) is 5.60. The van der Waals surface area contributed by atoms with Gasteiger partial charge in [0.2, 0.25) is 5.88 Å². The molecule has 19 heavy (non-hydrogen) atoms. The Hall–Kier alpha value is -1.56. The first-order valence-corrected chi connectivity index (χ1v) is 6.35. The zero-order valence-electron chi connectivity index (χ0n) is 10.2. The molecule has 0 aliphatic rings. The summed E-state index contributed by atoms with van der Waals surface area (Å²) in [5.41, 5.74) is 2.47. The number of nitrogen functional groups attached to an aromatic ring is 1. The van der Waals surface area contributed by atoms with Crippen LogP contribution in [-0.2, 0) is 6.42 Å². The fourth-order valence-corrected chi connectivity index (χ4v) is 1.87. The Morgan fingerprint density at radius 3 is 2.68 bits per heavy atom. The first-order chi connectivity index (χ1) is 9.12. The van der Waals surface area contributed by atoms with Crippen LogP contribution >= 0.6 is 23.2 Å². The topological polar surface area (TPSA) is 73.1 Å². The molecular weight excluding hydrogens is 287 g/mol. The van der Waals surface area contributed by atoms with Crippen LogP contribution in [0.4, 0.5) is 5.82 Å². The van der Waals surface area contributed by atoms with Gasteiger partial charge in [0.15, 0.2) is 0 Å². The molecule has 0 aliphatic heterocycles. The maximum absolute atomic E-state index is 6.03. The highest BCUT2D eigenvalue weighted by Gasteiger charge is 2.08. The number of hydrazine groups is 1. The zero-order chi connectivity index (χ0) is 13.8. The molecule has 0 saturated heterocycles. The van der Waals surface area contributed by atoms with Crippen LogP contribution in [0.15, 0.2) is 24.3 Å². The lowest BCUT2D eigenvalue weighted by Gasteiger charge is -2.09. The Morgan fingerprint density at radius 2 is 2.05 bits per heavy atom. The van der Waals surface area contributed by atoms with E-state index in [1.807, 2.05) is 6.92 Å². The van der Waals surface area contributed by atoms with Crippen molar-refractivity contribution >= 4 is 29.0 Å². The van der Waals surface area contributed by atoms with Gasteiger partial charge in [-0.3, -0.25) is 0 Å². The van der Waals surface area contributed by atoms with Crippen LogP contribution in [0.1, 0.15) is 12.7 Å². The number of nitrogens with zero attached hydrogens (tertiary/aromatic N) is 2. The SMILES string of the molecule is CCc1nc(NN)cc(Oc2ccc(Cl)cc2Cl)n1. The molecule has 0 unspecified atom stereocenters. The molecule has 1 heterocycles. The molecule has 7 heteroatoms. The first kappa shape index (κ1) is 13.9. The summed E-state index contributed by atoms with van der Waals surface area (Å²) in [4.78, 5) is 8.41. The fourth-order valence-electron chi connectivity index (χ4n) is 1.43. The molecule has 0 radical (unpaired) electrons. The van der Waals surface area contributed by atoms with Crippen molar-refractivity contribution in [2.75, 3.05) is 5.43 Å². The van der Waals surface area contributed by atoms with Crippen molar-refractivity contribution in [2.24, 2.45) is 5.84 Å². The molecule has 2 aromatic rings. The number of nitrogens with two attached hydrogens (primary N) is 1. The van der Waals surface area contributed by atoms with Gasteiger partial charge in [0, 0.05) is 17.5 Å². The summed E-state index contributed by atoms with van der Waals surface area (Å²) in [5, 5.41) is 0.949. The van der Waals surface area contributed by atoms with Crippen LogP contribution in [0.2, 0.25) is 10.0 Å². The quantitative estimate of drug-likeness (QED) is 0.668. The molecule has 3 N–H and O–H groups in total. The van der Waals surface area contributed by atoms with Gasteiger partial charge < -0.3 is 10.2 Å². The maximum atomic E-state index is 6.03. The molecule has 0 atom stereocenters. The Morgan fingerprint density at radius 1 is 1.26 bits per heavy atom. The smallest absolute Gasteiger partial charge is 0.224 e. The Labute approximate surface area is 120 Å². The monoisotopic (exact) mass is 298 g/mol. The Balaban J connectivity index is 2.31. The van der Waals surface area contributed by atoms with Gasteiger partial charge in [-0.1, -0.05) is 30.1 Å². The van der Waals surface area contributed by atoms with E-state index in [2.05, 4.69) is 15.4 Å². The van der Waals surface area contributed by atoms with Crippen molar-refractivity contribution in [3.05, 3.63) is 40.1 Å². The number of halogens is 2. The summed E-state index contributed by atoms with van der Waals surface area (Å²) < 4.78 is 5.61. The van der Waals surface area contributed by atoms with Gasteiger partial charge >= 0.3 is 0 Å². The zero-order valence-corrected chi connectivity index (χ0v) is 11.7. The van der Waals surface area contributed by atoms with Gasteiger partial charge in [-0.2, -0.15) is 4.98 Å². The molecular formula is C12H12Cl2N4O. The van der Waals surface area contributed by atoms with Crippen LogP contribution in [0.25, 0.3) is 0 Å². The molecule has 0 fully saturated rings. The number of aromatic nitrogens is 2. The van der Waals surface area contributed by atoms with Crippen LogP contribution in [0.5, 0.6) is 11.6 Å².